The molecule has 2 atom stereocenters. The van der Waals surface area contributed by atoms with Gasteiger partial charge in [-0.3, -0.25) is 4.90 Å². The molecule has 1 heterocycles. The normalized spacial score (nSPS) is 30.2. The summed E-state index contributed by atoms with van der Waals surface area (Å²) in [6.45, 7) is 8.13. The van der Waals surface area contributed by atoms with Crippen molar-refractivity contribution >= 4 is 0 Å². The number of ether oxygens (including phenoxy) is 1. The van der Waals surface area contributed by atoms with E-state index in [9.17, 15) is 0 Å². The van der Waals surface area contributed by atoms with Crippen molar-refractivity contribution in [3.63, 3.8) is 0 Å². The van der Waals surface area contributed by atoms with Crippen LogP contribution in [0.4, 0.5) is 0 Å². The van der Waals surface area contributed by atoms with Crippen LogP contribution in [-0.4, -0.2) is 50.8 Å². The Morgan fingerprint density at radius 2 is 1.94 bits per heavy atom. The summed E-state index contributed by atoms with van der Waals surface area (Å²) in [7, 11) is 1.82. The molecule has 2 rings (SSSR count). The smallest absolute Gasteiger partial charge is 0.0589 e. The zero-order valence-electron chi connectivity index (χ0n) is 12.2. The Hall–Kier alpha value is -0.120. The standard InChI is InChI=1S/C15H30N2O/c1-13-3-4-15(11-13)17(9-10-18-2)12-14-5-7-16-8-6-14/h13-16H,3-12H2,1-2H3. The van der Waals surface area contributed by atoms with E-state index in [1.807, 2.05) is 7.11 Å². The number of rotatable bonds is 6. The van der Waals surface area contributed by atoms with E-state index < -0.39 is 0 Å². The predicted octanol–water partition coefficient (Wildman–Crippen LogP) is 2.12. The third-order valence-electron chi connectivity index (χ3n) is 4.72. The van der Waals surface area contributed by atoms with Gasteiger partial charge in [0, 0.05) is 26.2 Å². The summed E-state index contributed by atoms with van der Waals surface area (Å²) < 4.78 is 5.29. The highest BCUT2D eigenvalue weighted by Gasteiger charge is 2.28. The summed E-state index contributed by atoms with van der Waals surface area (Å²) in [5.41, 5.74) is 0. The molecule has 0 amide bonds. The lowest BCUT2D eigenvalue weighted by Gasteiger charge is -2.34. The Balaban J connectivity index is 1.83. The average Bonchev–Trinajstić information content (AvgIpc) is 2.82. The largest absolute Gasteiger partial charge is 0.383 e. The Kier molecular flexibility index (Phi) is 5.93. The van der Waals surface area contributed by atoms with Crippen molar-refractivity contribution < 1.29 is 4.74 Å². The fourth-order valence-electron chi connectivity index (χ4n) is 3.54. The molecule has 106 valence electrons. The zero-order chi connectivity index (χ0) is 12.8. The summed E-state index contributed by atoms with van der Waals surface area (Å²) in [6.07, 6.45) is 6.92. The molecular weight excluding hydrogens is 224 g/mol. The molecule has 2 fully saturated rings. The maximum absolute atomic E-state index is 5.29. The van der Waals surface area contributed by atoms with Gasteiger partial charge in [-0.05, 0) is 57.0 Å². The van der Waals surface area contributed by atoms with Gasteiger partial charge in [-0.2, -0.15) is 0 Å². The molecule has 0 bridgehead atoms. The molecule has 1 aliphatic carbocycles. The first kappa shape index (κ1) is 14.3. The van der Waals surface area contributed by atoms with Crippen molar-refractivity contribution in [1.29, 1.82) is 0 Å². The Morgan fingerprint density at radius 1 is 1.17 bits per heavy atom. The van der Waals surface area contributed by atoms with Gasteiger partial charge in [-0.1, -0.05) is 6.92 Å². The minimum Gasteiger partial charge on any atom is -0.383 e. The lowest BCUT2D eigenvalue weighted by Crippen LogP contribution is -2.42. The van der Waals surface area contributed by atoms with Crippen molar-refractivity contribution in [3.8, 4) is 0 Å². The molecule has 0 spiro atoms. The van der Waals surface area contributed by atoms with Crippen LogP contribution in [0.5, 0.6) is 0 Å². The van der Waals surface area contributed by atoms with Crippen molar-refractivity contribution in [1.82, 2.24) is 10.2 Å². The van der Waals surface area contributed by atoms with Crippen LogP contribution in [0, 0.1) is 11.8 Å². The molecule has 0 aromatic carbocycles. The average molecular weight is 254 g/mol. The summed E-state index contributed by atoms with van der Waals surface area (Å²) in [5, 5.41) is 3.46. The van der Waals surface area contributed by atoms with E-state index in [0.717, 1.165) is 31.0 Å². The number of methoxy groups -OCH3 is 1. The molecule has 2 unspecified atom stereocenters. The number of piperidine rings is 1. The second kappa shape index (κ2) is 7.46. The first-order valence-electron chi connectivity index (χ1n) is 7.73. The quantitative estimate of drug-likeness (QED) is 0.786. The van der Waals surface area contributed by atoms with Gasteiger partial charge < -0.3 is 10.1 Å². The van der Waals surface area contributed by atoms with Crippen LogP contribution >= 0.6 is 0 Å². The third-order valence-corrected chi connectivity index (χ3v) is 4.72. The van der Waals surface area contributed by atoms with Gasteiger partial charge >= 0.3 is 0 Å². The molecule has 0 aromatic heterocycles. The molecule has 1 aliphatic heterocycles. The van der Waals surface area contributed by atoms with Crippen LogP contribution in [0.25, 0.3) is 0 Å². The predicted molar refractivity (Wildman–Crippen MR) is 75.8 cm³/mol. The topological polar surface area (TPSA) is 24.5 Å². The van der Waals surface area contributed by atoms with Gasteiger partial charge in [0.2, 0.25) is 0 Å². The Bertz CT molecular complexity index is 229. The van der Waals surface area contributed by atoms with Crippen LogP contribution in [-0.2, 0) is 4.74 Å². The van der Waals surface area contributed by atoms with E-state index in [-0.39, 0.29) is 0 Å². The third kappa shape index (κ3) is 4.22. The fourth-order valence-corrected chi connectivity index (χ4v) is 3.54. The molecule has 1 saturated carbocycles. The molecule has 1 N–H and O–H groups in total. The summed E-state index contributed by atoms with van der Waals surface area (Å²) in [4.78, 5) is 2.73. The van der Waals surface area contributed by atoms with Gasteiger partial charge in [-0.15, -0.1) is 0 Å². The maximum atomic E-state index is 5.29. The van der Waals surface area contributed by atoms with E-state index in [0.29, 0.717) is 0 Å². The number of nitrogens with zero attached hydrogens (tertiary/aromatic N) is 1. The highest BCUT2D eigenvalue weighted by atomic mass is 16.5. The van der Waals surface area contributed by atoms with Crippen molar-refractivity contribution in [2.75, 3.05) is 39.9 Å². The van der Waals surface area contributed by atoms with E-state index in [1.165, 1.54) is 51.7 Å². The second-order valence-corrected chi connectivity index (χ2v) is 6.25. The Morgan fingerprint density at radius 3 is 2.56 bits per heavy atom. The number of hydrogen-bond donors (Lipinski definition) is 1. The molecule has 18 heavy (non-hydrogen) atoms. The molecule has 1 saturated heterocycles. The van der Waals surface area contributed by atoms with Crippen LogP contribution in [0.1, 0.15) is 39.0 Å². The van der Waals surface area contributed by atoms with Gasteiger partial charge in [0.05, 0.1) is 6.61 Å². The highest BCUT2D eigenvalue weighted by molar-refractivity contribution is 4.83. The van der Waals surface area contributed by atoms with Crippen LogP contribution in [0.15, 0.2) is 0 Å². The highest BCUT2D eigenvalue weighted by Crippen LogP contribution is 2.30. The lowest BCUT2D eigenvalue weighted by molar-refractivity contribution is 0.0995. The molecule has 3 nitrogen and oxygen atoms in total. The monoisotopic (exact) mass is 254 g/mol. The van der Waals surface area contributed by atoms with Crippen molar-refractivity contribution in [2.45, 2.75) is 45.1 Å². The summed E-state index contributed by atoms with van der Waals surface area (Å²) >= 11 is 0. The fraction of sp³-hybridized carbons (Fsp3) is 1.00. The maximum Gasteiger partial charge on any atom is 0.0589 e. The van der Waals surface area contributed by atoms with Crippen LogP contribution < -0.4 is 5.32 Å². The van der Waals surface area contributed by atoms with Gasteiger partial charge in [0.25, 0.3) is 0 Å². The minimum absolute atomic E-state index is 0.824. The van der Waals surface area contributed by atoms with E-state index >= 15 is 0 Å². The van der Waals surface area contributed by atoms with Crippen molar-refractivity contribution in [2.24, 2.45) is 11.8 Å². The van der Waals surface area contributed by atoms with Gasteiger partial charge in [0.15, 0.2) is 0 Å². The number of nitrogens with one attached hydrogen (secondary N) is 1. The number of hydrogen-bond acceptors (Lipinski definition) is 3. The van der Waals surface area contributed by atoms with Gasteiger partial charge in [0.1, 0.15) is 0 Å². The summed E-state index contributed by atoms with van der Waals surface area (Å²) in [6, 6.07) is 0.824. The van der Waals surface area contributed by atoms with E-state index in [1.54, 1.807) is 0 Å². The first-order valence-corrected chi connectivity index (χ1v) is 7.73. The molecule has 3 heteroatoms. The van der Waals surface area contributed by atoms with Gasteiger partial charge in [-0.25, -0.2) is 0 Å². The first-order chi connectivity index (χ1) is 8.79. The molecule has 2 aliphatic rings. The van der Waals surface area contributed by atoms with E-state index in [4.69, 9.17) is 4.74 Å². The van der Waals surface area contributed by atoms with Crippen molar-refractivity contribution in [3.05, 3.63) is 0 Å². The summed E-state index contributed by atoms with van der Waals surface area (Å²) in [5.74, 6) is 1.83. The van der Waals surface area contributed by atoms with Crippen LogP contribution in [0.3, 0.4) is 0 Å². The van der Waals surface area contributed by atoms with Crippen LogP contribution in [0.2, 0.25) is 0 Å². The lowest BCUT2D eigenvalue weighted by atomic mass is 9.96. The molecular formula is C15H30N2O. The molecule has 0 aromatic rings. The Labute approximate surface area is 112 Å². The SMILES string of the molecule is COCCN(CC1CCNCC1)C1CCC(C)C1. The zero-order valence-corrected chi connectivity index (χ0v) is 12.2. The minimum atomic E-state index is 0.824. The van der Waals surface area contributed by atoms with E-state index in [2.05, 4.69) is 17.1 Å². The second-order valence-electron chi connectivity index (χ2n) is 6.25. The molecule has 0 radical (unpaired) electrons.